The molecule has 0 bridgehead atoms. The molecule has 2 aromatic carbocycles. The summed E-state index contributed by atoms with van der Waals surface area (Å²) in [6.07, 6.45) is 1.68. The van der Waals surface area contributed by atoms with Crippen LogP contribution in [-0.4, -0.2) is 19.1 Å². The fraction of sp³-hybridized carbons (Fsp3) is 0.167. The molecule has 0 atom stereocenters. The highest BCUT2D eigenvalue weighted by Crippen LogP contribution is 2.32. The van der Waals surface area contributed by atoms with Gasteiger partial charge >= 0.3 is 0 Å². The number of hydrogen-bond donors (Lipinski definition) is 1. The Balaban J connectivity index is 1.90. The summed E-state index contributed by atoms with van der Waals surface area (Å²) in [6, 6.07) is 10.9. The Bertz CT molecular complexity index is 707. The van der Waals surface area contributed by atoms with E-state index in [9.17, 15) is 4.79 Å². The van der Waals surface area contributed by atoms with Crippen LogP contribution in [0.4, 0.5) is 5.69 Å². The topological polar surface area (TPSA) is 47.6 Å². The molecule has 2 aromatic rings. The van der Waals surface area contributed by atoms with E-state index in [-0.39, 0.29) is 12.5 Å². The van der Waals surface area contributed by atoms with Gasteiger partial charge in [-0.05, 0) is 64.8 Å². The number of carbonyl (C=O) groups excluding carboxylic acids is 1. The molecule has 0 aliphatic heterocycles. The zero-order chi connectivity index (χ0) is 17.5. The van der Waals surface area contributed by atoms with Gasteiger partial charge in [0, 0.05) is 10.2 Å². The van der Waals surface area contributed by atoms with Gasteiger partial charge in [0.05, 0.1) is 4.47 Å². The molecule has 6 heteroatoms. The summed E-state index contributed by atoms with van der Waals surface area (Å²) in [6.45, 7) is 5.89. The summed E-state index contributed by atoms with van der Waals surface area (Å²) in [5.41, 5.74) is 1.62. The summed E-state index contributed by atoms with van der Waals surface area (Å²) in [7, 11) is 0. The van der Waals surface area contributed by atoms with E-state index in [2.05, 4.69) is 43.8 Å². The van der Waals surface area contributed by atoms with Crippen molar-refractivity contribution in [2.45, 2.75) is 6.92 Å². The van der Waals surface area contributed by atoms with Crippen LogP contribution in [0.1, 0.15) is 5.56 Å². The predicted molar refractivity (Wildman–Crippen MR) is 103 cm³/mol. The molecule has 0 saturated heterocycles. The van der Waals surface area contributed by atoms with E-state index in [0.717, 1.165) is 20.3 Å². The van der Waals surface area contributed by atoms with Gasteiger partial charge in [-0.15, -0.1) is 0 Å². The summed E-state index contributed by atoms with van der Waals surface area (Å²) >= 11 is 6.85. The number of amides is 1. The lowest BCUT2D eigenvalue weighted by molar-refractivity contribution is -0.118. The Hall–Kier alpha value is -1.79. The van der Waals surface area contributed by atoms with Crippen LogP contribution in [0.3, 0.4) is 0 Å². The van der Waals surface area contributed by atoms with Gasteiger partial charge in [-0.1, -0.05) is 28.6 Å². The van der Waals surface area contributed by atoms with Crippen molar-refractivity contribution in [2.75, 3.05) is 18.5 Å². The Labute approximate surface area is 158 Å². The number of rotatable bonds is 7. The summed E-state index contributed by atoms with van der Waals surface area (Å²) in [5.74, 6) is 1.14. The minimum absolute atomic E-state index is 0.0736. The van der Waals surface area contributed by atoms with E-state index in [4.69, 9.17) is 9.47 Å². The normalized spacial score (nSPS) is 10.1. The molecular weight excluding hydrogens is 438 g/mol. The number of carbonyl (C=O) groups is 1. The summed E-state index contributed by atoms with van der Waals surface area (Å²) in [5, 5.41) is 2.78. The molecule has 1 amide bonds. The van der Waals surface area contributed by atoms with Gasteiger partial charge in [-0.2, -0.15) is 0 Å². The van der Waals surface area contributed by atoms with Gasteiger partial charge in [0.2, 0.25) is 0 Å². The van der Waals surface area contributed by atoms with Crippen molar-refractivity contribution in [1.29, 1.82) is 0 Å². The van der Waals surface area contributed by atoms with Crippen molar-refractivity contribution >= 4 is 43.5 Å². The number of aryl methyl sites for hydroxylation is 1. The molecule has 4 nitrogen and oxygen atoms in total. The van der Waals surface area contributed by atoms with Crippen LogP contribution in [0.15, 0.2) is 58.0 Å². The first-order valence-corrected chi connectivity index (χ1v) is 8.80. The first-order valence-electron chi connectivity index (χ1n) is 7.21. The van der Waals surface area contributed by atoms with Crippen LogP contribution in [0, 0.1) is 6.92 Å². The lowest BCUT2D eigenvalue weighted by Crippen LogP contribution is -2.20. The molecule has 0 spiro atoms. The Morgan fingerprint density at radius 2 is 1.92 bits per heavy atom. The average Bonchev–Trinajstić information content (AvgIpc) is 2.53. The second-order valence-corrected chi connectivity index (χ2v) is 6.76. The van der Waals surface area contributed by atoms with Crippen LogP contribution in [-0.2, 0) is 4.79 Å². The SMILES string of the molecule is C=CCOc1ccc(NC(=O)COc2c(C)cc(Br)cc2Br)cc1. The standard InChI is InChI=1S/C18H17Br2NO3/c1-3-8-23-15-6-4-14(5-7-15)21-17(22)11-24-18-12(2)9-13(19)10-16(18)20/h3-7,9-10H,1,8,11H2,2H3,(H,21,22). The molecule has 0 aliphatic carbocycles. The summed E-state index contributed by atoms with van der Waals surface area (Å²) < 4.78 is 12.8. The van der Waals surface area contributed by atoms with Crippen molar-refractivity contribution in [3.8, 4) is 11.5 Å². The minimum Gasteiger partial charge on any atom is -0.490 e. The van der Waals surface area contributed by atoms with E-state index in [0.29, 0.717) is 18.0 Å². The quantitative estimate of drug-likeness (QED) is 0.592. The first-order chi connectivity index (χ1) is 11.5. The van der Waals surface area contributed by atoms with Crippen LogP contribution in [0.25, 0.3) is 0 Å². The van der Waals surface area contributed by atoms with Crippen molar-refractivity contribution in [3.63, 3.8) is 0 Å². The number of ether oxygens (including phenoxy) is 2. The van der Waals surface area contributed by atoms with Gasteiger partial charge < -0.3 is 14.8 Å². The van der Waals surface area contributed by atoms with Gasteiger partial charge in [0.15, 0.2) is 6.61 Å². The van der Waals surface area contributed by atoms with Crippen LogP contribution < -0.4 is 14.8 Å². The Morgan fingerprint density at radius 3 is 2.54 bits per heavy atom. The minimum atomic E-state index is -0.232. The number of hydrogen-bond acceptors (Lipinski definition) is 3. The van der Waals surface area contributed by atoms with Crippen LogP contribution >= 0.6 is 31.9 Å². The highest BCUT2D eigenvalue weighted by atomic mass is 79.9. The van der Waals surface area contributed by atoms with E-state index < -0.39 is 0 Å². The number of nitrogens with one attached hydrogen (secondary N) is 1. The molecule has 0 saturated carbocycles. The zero-order valence-corrected chi connectivity index (χ0v) is 16.3. The van der Waals surface area contributed by atoms with Gasteiger partial charge in [0.25, 0.3) is 5.91 Å². The Morgan fingerprint density at radius 1 is 1.21 bits per heavy atom. The zero-order valence-electron chi connectivity index (χ0n) is 13.1. The summed E-state index contributed by atoms with van der Waals surface area (Å²) in [4.78, 5) is 12.0. The molecule has 24 heavy (non-hydrogen) atoms. The number of anilines is 1. The molecule has 0 unspecified atom stereocenters. The first kappa shape index (κ1) is 18.5. The van der Waals surface area contributed by atoms with Crippen molar-refractivity contribution in [2.24, 2.45) is 0 Å². The van der Waals surface area contributed by atoms with Crippen molar-refractivity contribution in [3.05, 3.63) is 63.6 Å². The van der Waals surface area contributed by atoms with E-state index in [1.807, 2.05) is 19.1 Å². The molecule has 0 aromatic heterocycles. The number of halogens is 2. The fourth-order valence-electron chi connectivity index (χ4n) is 2.00. The second-order valence-electron chi connectivity index (χ2n) is 4.99. The maximum absolute atomic E-state index is 12.0. The van der Waals surface area contributed by atoms with Gasteiger partial charge in [0.1, 0.15) is 18.1 Å². The van der Waals surface area contributed by atoms with Crippen molar-refractivity contribution < 1.29 is 14.3 Å². The maximum atomic E-state index is 12.0. The Kier molecular flexibility index (Phi) is 6.87. The molecule has 0 aliphatic rings. The highest BCUT2D eigenvalue weighted by molar-refractivity contribution is 9.11. The fourth-order valence-corrected chi connectivity index (χ4v) is 3.55. The van der Waals surface area contributed by atoms with E-state index >= 15 is 0 Å². The predicted octanol–water partition coefficient (Wildman–Crippen LogP) is 5.10. The van der Waals surface area contributed by atoms with E-state index in [1.54, 1.807) is 30.3 Å². The monoisotopic (exact) mass is 453 g/mol. The third kappa shape index (κ3) is 5.39. The number of benzene rings is 2. The van der Waals surface area contributed by atoms with Gasteiger partial charge in [-0.25, -0.2) is 0 Å². The van der Waals surface area contributed by atoms with Crippen molar-refractivity contribution in [1.82, 2.24) is 0 Å². The lowest BCUT2D eigenvalue weighted by Gasteiger charge is -2.12. The molecular formula is C18H17Br2NO3. The third-order valence-electron chi connectivity index (χ3n) is 3.05. The molecule has 0 fully saturated rings. The maximum Gasteiger partial charge on any atom is 0.262 e. The second kappa shape index (κ2) is 8.89. The molecule has 0 heterocycles. The highest BCUT2D eigenvalue weighted by Gasteiger charge is 2.10. The molecule has 0 radical (unpaired) electrons. The van der Waals surface area contributed by atoms with Crippen LogP contribution in [0.5, 0.6) is 11.5 Å². The largest absolute Gasteiger partial charge is 0.490 e. The average molecular weight is 455 g/mol. The van der Waals surface area contributed by atoms with E-state index in [1.165, 1.54) is 0 Å². The molecule has 2 rings (SSSR count). The smallest absolute Gasteiger partial charge is 0.262 e. The molecule has 1 N–H and O–H groups in total. The lowest BCUT2D eigenvalue weighted by atomic mass is 10.2. The molecule has 126 valence electrons. The van der Waals surface area contributed by atoms with Gasteiger partial charge in [-0.3, -0.25) is 4.79 Å². The van der Waals surface area contributed by atoms with Crippen LogP contribution in [0.2, 0.25) is 0 Å². The third-order valence-corrected chi connectivity index (χ3v) is 4.09.